The van der Waals surface area contributed by atoms with Gasteiger partial charge in [0.05, 0.1) is 0 Å². The normalized spacial score (nSPS) is 34.2. The van der Waals surface area contributed by atoms with Crippen LogP contribution in [0.15, 0.2) is 0 Å². The molecule has 3 fully saturated rings. The van der Waals surface area contributed by atoms with Crippen molar-refractivity contribution in [2.75, 3.05) is 33.2 Å². The largest absolute Gasteiger partial charge is 0.368 e. The minimum Gasteiger partial charge on any atom is -0.368 e. The predicted molar refractivity (Wildman–Crippen MR) is 93.4 cm³/mol. The first-order valence-electron chi connectivity index (χ1n) is 9.46. The molecular weight excluding hydrogens is 304 g/mol. The molecule has 3 rings (SSSR count). The minimum atomic E-state index is -0.381. The zero-order chi connectivity index (χ0) is 17.3. The molecule has 6 heteroatoms. The minimum absolute atomic E-state index is 0.127. The summed E-state index contributed by atoms with van der Waals surface area (Å²) in [5, 5.41) is 0. The molecule has 3 aliphatic heterocycles. The summed E-state index contributed by atoms with van der Waals surface area (Å²) in [6.45, 7) is 5.56. The summed E-state index contributed by atoms with van der Waals surface area (Å²) in [6, 6.07) is 0.853. The quantitative estimate of drug-likeness (QED) is 0.806. The summed E-state index contributed by atoms with van der Waals surface area (Å²) in [7, 11) is 1.91. The van der Waals surface area contributed by atoms with Gasteiger partial charge in [-0.25, -0.2) is 0 Å². The predicted octanol–water partition coefficient (Wildman–Crippen LogP) is 0.802. The van der Waals surface area contributed by atoms with Crippen LogP contribution in [0.4, 0.5) is 0 Å². The highest BCUT2D eigenvalue weighted by Crippen LogP contribution is 2.43. The molecule has 2 amide bonds. The van der Waals surface area contributed by atoms with Crippen LogP contribution in [0.3, 0.4) is 0 Å². The zero-order valence-corrected chi connectivity index (χ0v) is 15.2. The van der Waals surface area contributed by atoms with Crippen LogP contribution in [0.1, 0.15) is 51.9 Å². The fourth-order valence-electron chi connectivity index (χ4n) is 5.09. The molecule has 0 saturated carbocycles. The van der Waals surface area contributed by atoms with Crippen LogP contribution in [0.2, 0.25) is 0 Å². The first-order chi connectivity index (χ1) is 11.4. The third-order valence-electron chi connectivity index (χ3n) is 6.65. The van der Waals surface area contributed by atoms with Crippen LogP contribution in [-0.4, -0.2) is 77.4 Å². The van der Waals surface area contributed by atoms with Crippen molar-refractivity contribution in [3.8, 4) is 0 Å². The Labute approximate surface area is 145 Å². The van der Waals surface area contributed by atoms with Gasteiger partial charge in [-0.2, -0.15) is 0 Å². The van der Waals surface area contributed by atoms with E-state index in [0.717, 1.165) is 64.7 Å². The van der Waals surface area contributed by atoms with Crippen LogP contribution >= 0.6 is 0 Å². The van der Waals surface area contributed by atoms with Gasteiger partial charge in [0, 0.05) is 45.7 Å². The van der Waals surface area contributed by atoms with Crippen molar-refractivity contribution in [2.45, 2.75) is 69.5 Å². The molecule has 6 nitrogen and oxygen atoms in total. The average Bonchev–Trinajstić information content (AvgIpc) is 2.77. The van der Waals surface area contributed by atoms with Crippen molar-refractivity contribution < 1.29 is 9.59 Å². The van der Waals surface area contributed by atoms with E-state index in [-0.39, 0.29) is 17.4 Å². The van der Waals surface area contributed by atoms with Crippen LogP contribution in [0.25, 0.3) is 0 Å². The molecule has 0 aromatic heterocycles. The number of carbonyl (C=O) groups is 2. The molecular formula is C18H32N4O2. The number of hydrogen-bond acceptors (Lipinski definition) is 4. The van der Waals surface area contributed by atoms with Gasteiger partial charge in [-0.3, -0.25) is 14.5 Å². The summed E-state index contributed by atoms with van der Waals surface area (Å²) < 4.78 is 0. The number of likely N-dealkylation sites (tertiary alicyclic amines) is 1. The van der Waals surface area contributed by atoms with E-state index in [4.69, 9.17) is 5.73 Å². The molecule has 0 aromatic rings. The van der Waals surface area contributed by atoms with Crippen molar-refractivity contribution in [2.24, 2.45) is 5.73 Å². The lowest BCUT2D eigenvalue weighted by Crippen LogP contribution is -2.60. The molecule has 3 atom stereocenters. The van der Waals surface area contributed by atoms with Gasteiger partial charge >= 0.3 is 0 Å². The molecule has 2 N–H and O–H groups in total. The molecule has 0 unspecified atom stereocenters. The first-order valence-corrected chi connectivity index (χ1v) is 9.46. The number of nitrogens with two attached hydrogens (primary N) is 1. The van der Waals surface area contributed by atoms with E-state index < -0.39 is 0 Å². The van der Waals surface area contributed by atoms with Crippen molar-refractivity contribution in [1.82, 2.24) is 14.7 Å². The van der Waals surface area contributed by atoms with E-state index >= 15 is 0 Å². The van der Waals surface area contributed by atoms with Crippen LogP contribution in [0.5, 0.6) is 0 Å². The summed E-state index contributed by atoms with van der Waals surface area (Å²) in [5.74, 6) is 0.0149. The van der Waals surface area contributed by atoms with Gasteiger partial charge in [-0.15, -0.1) is 0 Å². The maximum absolute atomic E-state index is 12.1. The van der Waals surface area contributed by atoms with Crippen LogP contribution in [0, 0.1) is 0 Å². The highest BCUT2D eigenvalue weighted by molar-refractivity contribution is 5.85. The Morgan fingerprint density at radius 3 is 2.67 bits per heavy atom. The molecule has 3 aliphatic rings. The van der Waals surface area contributed by atoms with Crippen molar-refractivity contribution in [1.29, 1.82) is 0 Å². The van der Waals surface area contributed by atoms with Gasteiger partial charge in [-0.1, -0.05) is 0 Å². The lowest BCUT2D eigenvalue weighted by Gasteiger charge is -2.44. The second kappa shape index (κ2) is 7.00. The number of fused-ring (bicyclic) bond motifs is 2. The summed E-state index contributed by atoms with van der Waals surface area (Å²) in [5.41, 5.74) is 5.41. The van der Waals surface area contributed by atoms with Crippen LogP contribution < -0.4 is 5.73 Å². The van der Waals surface area contributed by atoms with E-state index in [2.05, 4.69) is 9.80 Å². The van der Waals surface area contributed by atoms with Gasteiger partial charge in [0.25, 0.3) is 0 Å². The Morgan fingerprint density at radius 1 is 1.17 bits per heavy atom. The van der Waals surface area contributed by atoms with Gasteiger partial charge in [-0.05, 0) is 51.5 Å². The number of hydrogen-bond donors (Lipinski definition) is 1. The van der Waals surface area contributed by atoms with E-state index in [0.29, 0.717) is 12.1 Å². The Balaban J connectivity index is 1.59. The second-order valence-corrected chi connectivity index (χ2v) is 7.90. The zero-order valence-electron chi connectivity index (χ0n) is 15.2. The maximum atomic E-state index is 12.1. The number of amides is 2. The summed E-state index contributed by atoms with van der Waals surface area (Å²) in [6.07, 6.45) is 7.51. The lowest BCUT2D eigenvalue weighted by molar-refractivity contribution is -0.133. The summed E-state index contributed by atoms with van der Waals surface area (Å²) >= 11 is 0. The highest BCUT2D eigenvalue weighted by atomic mass is 16.2. The highest BCUT2D eigenvalue weighted by Gasteiger charge is 2.52. The number of rotatable bonds is 5. The molecule has 24 heavy (non-hydrogen) atoms. The lowest BCUT2D eigenvalue weighted by atomic mass is 9.87. The molecule has 0 aromatic carbocycles. The van der Waals surface area contributed by atoms with E-state index in [1.807, 2.05) is 11.9 Å². The molecule has 0 spiro atoms. The fraction of sp³-hybridized carbons (Fsp3) is 0.889. The van der Waals surface area contributed by atoms with E-state index in [9.17, 15) is 9.59 Å². The van der Waals surface area contributed by atoms with Crippen molar-refractivity contribution in [3.05, 3.63) is 0 Å². The van der Waals surface area contributed by atoms with Gasteiger partial charge in [0.1, 0.15) is 5.54 Å². The molecule has 0 aliphatic carbocycles. The first kappa shape index (κ1) is 17.7. The Bertz CT molecular complexity index is 493. The molecule has 0 radical (unpaired) electrons. The molecule has 136 valence electrons. The maximum Gasteiger partial charge on any atom is 0.237 e. The Hall–Kier alpha value is -1.14. The van der Waals surface area contributed by atoms with Gasteiger partial charge in [0.2, 0.25) is 11.8 Å². The fourth-order valence-corrected chi connectivity index (χ4v) is 5.09. The number of nitrogens with zero attached hydrogens (tertiary/aromatic N) is 3. The number of piperidine rings is 2. The number of likely N-dealkylation sites (N-methyl/N-ethyl adjacent to an activating group) is 1. The average molecular weight is 336 g/mol. The standard InChI is InChI=1S/C18H32N4O2/c1-14(23)20(2)16-6-4-10-21(13-16)11-12-22-15-5-3-8-18(22,9-7-15)17(19)24/h15-16H,3-13H2,1-2H3,(H2,19,24)/t15-,16-,18+/m1/s1. The van der Waals surface area contributed by atoms with Gasteiger partial charge in [0.15, 0.2) is 0 Å². The van der Waals surface area contributed by atoms with Crippen LogP contribution in [-0.2, 0) is 9.59 Å². The summed E-state index contributed by atoms with van der Waals surface area (Å²) in [4.78, 5) is 30.5. The van der Waals surface area contributed by atoms with E-state index in [1.165, 1.54) is 6.42 Å². The molecule has 2 bridgehead atoms. The SMILES string of the molecule is CC(=O)N(C)[C@@H]1CCCN(CCN2[C@@H]3CCC[C@@]2(C(N)=O)CC3)C1. The Morgan fingerprint density at radius 2 is 1.96 bits per heavy atom. The third kappa shape index (κ3) is 3.18. The molecule has 3 saturated heterocycles. The smallest absolute Gasteiger partial charge is 0.237 e. The number of primary amides is 1. The van der Waals surface area contributed by atoms with Gasteiger partial charge < -0.3 is 15.5 Å². The topological polar surface area (TPSA) is 69.9 Å². The number of carbonyl (C=O) groups excluding carboxylic acids is 2. The van der Waals surface area contributed by atoms with E-state index in [1.54, 1.807) is 6.92 Å². The second-order valence-electron chi connectivity index (χ2n) is 7.90. The Kier molecular flexibility index (Phi) is 5.16. The third-order valence-corrected chi connectivity index (χ3v) is 6.65. The van der Waals surface area contributed by atoms with Crippen molar-refractivity contribution in [3.63, 3.8) is 0 Å². The monoisotopic (exact) mass is 336 g/mol. The van der Waals surface area contributed by atoms with Crippen molar-refractivity contribution >= 4 is 11.8 Å². The molecule has 3 heterocycles.